The number of hydrogen-bond acceptors (Lipinski definition) is 5. The van der Waals surface area contributed by atoms with Crippen molar-refractivity contribution in [3.63, 3.8) is 0 Å². The molecule has 0 radical (unpaired) electrons. The second-order valence-electron chi connectivity index (χ2n) is 6.87. The molecule has 1 saturated carbocycles. The minimum Gasteiger partial charge on any atom is -0.490 e. The highest BCUT2D eigenvalue weighted by Crippen LogP contribution is 2.46. The van der Waals surface area contributed by atoms with E-state index in [-0.39, 0.29) is 17.4 Å². The second kappa shape index (κ2) is 5.55. The summed E-state index contributed by atoms with van der Waals surface area (Å²) in [6.45, 7) is 1.82. The summed E-state index contributed by atoms with van der Waals surface area (Å²) in [5, 5.41) is 9.89. The van der Waals surface area contributed by atoms with Gasteiger partial charge in [-0.1, -0.05) is 0 Å². The molecule has 140 valence electrons. The molecule has 2 aliphatic carbocycles. The van der Waals surface area contributed by atoms with Crippen molar-refractivity contribution in [1.29, 1.82) is 0 Å². The van der Waals surface area contributed by atoms with Crippen LogP contribution in [0.1, 0.15) is 37.0 Å². The Morgan fingerprint density at radius 2 is 1.92 bits per heavy atom. The second-order valence-corrected chi connectivity index (χ2v) is 8.78. The first-order chi connectivity index (χ1) is 11.3. The third-order valence-electron chi connectivity index (χ3n) is 4.59. The number of sulfone groups is 1. The van der Waals surface area contributed by atoms with Gasteiger partial charge >= 0.3 is 5.51 Å². The number of aliphatic hydroxyl groups excluding tert-OH is 1. The van der Waals surface area contributed by atoms with E-state index in [0.717, 1.165) is 6.07 Å². The van der Waals surface area contributed by atoms with Crippen LogP contribution in [0.25, 0.3) is 0 Å². The van der Waals surface area contributed by atoms with Gasteiger partial charge in [0, 0.05) is 35.9 Å². The number of alkyl halides is 4. The molecule has 3 N–H and O–H groups in total. The zero-order valence-corrected chi connectivity index (χ0v) is 14.0. The predicted molar refractivity (Wildman–Crippen MR) is 79.5 cm³/mol. The number of hydrogen-bond donors (Lipinski definition) is 2. The number of rotatable bonds is 3. The lowest BCUT2D eigenvalue weighted by molar-refractivity contribution is -0.0437. The molecule has 0 heterocycles. The number of fused-ring (bicyclic) bond motifs is 1. The highest BCUT2D eigenvalue weighted by molar-refractivity contribution is 7.92. The Morgan fingerprint density at radius 1 is 1.32 bits per heavy atom. The van der Waals surface area contributed by atoms with Crippen LogP contribution in [-0.4, -0.2) is 36.8 Å². The van der Waals surface area contributed by atoms with Gasteiger partial charge in [-0.15, -0.1) is 0 Å². The molecule has 0 saturated heterocycles. The molecular formula is C15H17F4NO4S. The molecule has 1 aromatic rings. The van der Waals surface area contributed by atoms with Gasteiger partial charge in [0.2, 0.25) is 0 Å². The quantitative estimate of drug-likeness (QED) is 0.781. The van der Waals surface area contributed by atoms with Gasteiger partial charge in [0.1, 0.15) is 24.1 Å². The summed E-state index contributed by atoms with van der Waals surface area (Å²) in [5.74, 6) is 0.0795. The maximum atomic E-state index is 13.9. The zero-order valence-electron chi connectivity index (χ0n) is 13.2. The smallest absolute Gasteiger partial charge is 0.490 e. The fourth-order valence-electron chi connectivity index (χ4n) is 3.36. The molecule has 0 amide bonds. The summed E-state index contributed by atoms with van der Waals surface area (Å²) in [7, 11) is -5.72. The van der Waals surface area contributed by atoms with Gasteiger partial charge in [0.05, 0.1) is 4.90 Å². The molecule has 5 nitrogen and oxygen atoms in total. The van der Waals surface area contributed by atoms with Crippen LogP contribution >= 0.6 is 0 Å². The standard InChI is InChI=1S/C15H17F4NO4S/c1-14(20)5-7(6-14)24-10-2-3-11(25(22,23)15(17,18)19)12-8(10)4-9(16)13(12)21/h2-3,7,9,13,21H,4-6,20H2,1H3/t7?,9-,13-,14?/m1/s1. The van der Waals surface area contributed by atoms with Gasteiger partial charge in [-0.05, 0) is 19.1 Å². The van der Waals surface area contributed by atoms with E-state index < -0.39 is 50.0 Å². The average molecular weight is 383 g/mol. The largest absolute Gasteiger partial charge is 0.501 e. The third-order valence-corrected chi connectivity index (χ3v) is 6.13. The summed E-state index contributed by atoms with van der Waals surface area (Å²) in [6.07, 6.45) is -3.55. The molecular weight excluding hydrogens is 366 g/mol. The van der Waals surface area contributed by atoms with Crippen LogP contribution in [0.2, 0.25) is 0 Å². The van der Waals surface area contributed by atoms with E-state index >= 15 is 0 Å². The number of nitrogens with two attached hydrogens (primary N) is 1. The number of ether oxygens (including phenoxy) is 1. The maximum Gasteiger partial charge on any atom is 0.501 e. The topological polar surface area (TPSA) is 89.6 Å². The fraction of sp³-hybridized carbons (Fsp3) is 0.600. The average Bonchev–Trinajstić information content (AvgIpc) is 2.72. The first kappa shape index (κ1) is 18.4. The Balaban J connectivity index is 2.03. The van der Waals surface area contributed by atoms with Gasteiger partial charge in [0.25, 0.3) is 9.84 Å². The maximum absolute atomic E-state index is 13.9. The monoisotopic (exact) mass is 383 g/mol. The first-order valence-electron chi connectivity index (χ1n) is 7.58. The molecule has 3 rings (SSSR count). The van der Waals surface area contributed by atoms with E-state index in [4.69, 9.17) is 10.5 Å². The van der Waals surface area contributed by atoms with Gasteiger partial charge in [0.15, 0.2) is 0 Å². The van der Waals surface area contributed by atoms with Crippen LogP contribution in [0.5, 0.6) is 5.75 Å². The van der Waals surface area contributed by atoms with Gasteiger partial charge < -0.3 is 15.6 Å². The first-order valence-corrected chi connectivity index (χ1v) is 9.06. The van der Waals surface area contributed by atoms with Crippen molar-refractivity contribution >= 4 is 9.84 Å². The van der Waals surface area contributed by atoms with Crippen LogP contribution < -0.4 is 10.5 Å². The van der Waals surface area contributed by atoms with Crippen LogP contribution in [-0.2, 0) is 16.3 Å². The minimum absolute atomic E-state index is 0.0454. The summed E-state index contributed by atoms with van der Waals surface area (Å²) in [6, 6.07) is 1.78. The van der Waals surface area contributed by atoms with Crippen molar-refractivity contribution < 1.29 is 35.8 Å². The molecule has 0 unspecified atom stereocenters. The van der Waals surface area contributed by atoms with Crippen molar-refractivity contribution in [3.8, 4) is 5.75 Å². The van der Waals surface area contributed by atoms with E-state index in [9.17, 15) is 31.1 Å². The Labute approximate surface area is 141 Å². The van der Waals surface area contributed by atoms with Crippen LogP contribution in [0, 0.1) is 0 Å². The summed E-state index contributed by atoms with van der Waals surface area (Å²) in [4.78, 5) is -1.13. The molecule has 1 fully saturated rings. The number of benzene rings is 1. The Morgan fingerprint density at radius 3 is 2.44 bits per heavy atom. The lowest BCUT2D eigenvalue weighted by Gasteiger charge is -2.42. The third kappa shape index (κ3) is 3.00. The van der Waals surface area contributed by atoms with Crippen molar-refractivity contribution in [1.82, 2.24) is 0 Å². The Kier molecular flexibility index (Phi) is 4.09. The highest BCUT2D eigenvalue weighted by Gasteiger charge is 2.51. The van der Waals surface area contributed by atoms with E-state index in [0.29, 0.717) is 18.9 Å². The minimum atomic E-state index is -5.72. The number of aliphatic hydroxyl groups is 1. The molecule has 0 spiro atoms. The van der Waals surface area contributed by atoms with Crippen molar-refractivity contribution in [3.05, 3.63) is 23.3 Å². The zero-order chi connectivity index (χ0) is 18.8. The van der Waals surface area contributed by atoms with E-state index in [1.165, 1.54) is 0 Å². The molecule has 0 aliphatic heterocycles. The predicted octanol–water partition coefficient (Wildman–Crippen LogP) is 2.17. The fourth-order valence-corrected chi connectivity index (χ4v) is 4.39. The molecule has 25 heavy (non-hydrogen) atoms. The van der Waals surface area contributed by atoms with Crippen LogP contribution in [0.15, 0.2) is 17.0 Å². The highest BCUT2D eigenvalue weighted by atomic mass is 32.2. The molecule has 2 aliphatic rings. The lowest BCUT2D eigenvalue weighted by atomic mass is 9.77. The van der Waals surface area contributed by atoms with Crippen molar-refractivity contribution in [2.24, 2.45) is 5.73 Å². The van der Waals surface area contributed by atoms with Gasteiger partial charge in [-0.25, -0.2) is 12.8 Å². The van der Waals surface area contributed by atoms with Gasteiger partial charge in [-0.3, -0.25) is 0 Å². The molecule has 0 aromatic heterocycles. The molecule has 2 atom stereocenters. The van der Waals surface area contributed by atoms with Crippen LogP contribution in [0.3, 0.4) is 0 Å². The Hall–Kier alpha value is -1.39. The van der Waals surface area contributed by atoms with Gasteiger partial charge in [-0.2, -0.15) is 13.2 Å². The summed E-state index contributed by atoms with van der Waals surface area (Å²) in [5.41, 5.74) is -0.706. The SMILES string of the molecule is CC1(N)CC(Oc2ccc(S(=O)(=O)C(F)(F)F)c3c2C[C@@H](F)[C@H]3O)C1. The summed E-state index contributed by atoms with van der Waals surface area (Å²) >= 11 is 0. The summed E-state index contributed by atoms with van der Waals surface area (Å²) < 4.78 is 81.6. The van der Waals surface area contributed by atoms with Crippen molar-refractivity contribution in [2.75, 3.05) is 0 Å². The molecule has 0 bridgehead atoms. The van der Waals surface area contributed by atoms with Crippen LogP contribution in [0.4, 0.5) is 17.6 Å². The molecule has 10 heteroatoms. The lowest BCUT2D eigenvalue weighted by Crippen LogP contribution is -2.54. The van der Waals surface area contributed by atoms with E-state index in [2.05, 4.69) is 0 Å². The van der Waals surface area contributed by atoms with E-state index in [1.54, 1.807) is 0 Å². The Bertz CT molecular complexity index is 798. The normalized spacial score (nSPS) is 32.2. The van der Waals surface area contributed by atoms with E-state index in [1.807, 2.05) is 6.92 Å². The molecule has 1 aromatic carbocycles. The van der Waals surface area contributed by atoms with Crippen molar-refractivity contribution in [2.45, 2.75) is 60.5 Å². The number of halogens is 4.